The lowest BCUT2D eigenvalue weighted by Crippen LogP contribution is -2.09. The molecule has 2 aromatic rings. The number of amides is 1. The Morgan fingerprint density at radius 3 is 2.59 bits per heavy atom. The molecule has 0 radical (unpaired) electrons. The van der Waals surface area contributed by atoms with E-state index in [1.807, 2.05) is 25.1 Å². The molecular formula is C17H15Cl2NO2. The fraction of sp³-hybridized carbons (Fsp3) is 0.118. The number of carbonyl (C=O) groups excluding carboxylic acids is 1. The quantitative estimate of drug-likeness (QED) is 0.801. The highest BCUT2D eigenvalue weighted by molar-refractivity contribution is 6.42. The van der Waals surface area contributed by atoms with Crippen LogP contribution in [0.3, 0.4) is 0 Å². The number of hydrogen-bond donors (Lipinski definition) is 1. The molecule has 0 aromatic heterocycles. The summed E-state index contributed by atoms with van der Waals surface area (Å²) >= 11 is 11.8. The summed E-state index contributed by atoms with van der Waals surface area (Å²) in [5.74, 6) is 0.358. The SMILES string of the molecule is COc1ccc(C)cc1NC(=O)/C=C/c1ccc(Cl)c(Cl)c1. The third-order valence-corrected chi connectivity index (χ3v) is 3.72. The molecule has 5 heteroatoms. The van der Waals surface area contributed by atoms with Crippen molar-refractivity contribution in [1.29, 1.82) is 0 Å². The number of rotatable bonds is 4. The Morgan fingerprint density at radius 2 is 1.91 bits per heavy atom. The van der Waals surface area contributed by atoms with Gasteiger partial charge < -0.3 is 10.1 Å². The van der Waals surface area contributed by atoms with Crippen molar-refractivity contribution in [2.24, 2.45) is 0 Å². The van der Waals surface area contributed by atoms with E-state index in [0.29, 0.717) is 21.5 Å². The average molecular weight is 336 g/mol. The zero-order valence-corrected chi connectivity index (χ0v) is 13.7. The van der Waals surface area contributed by atoms with E-state index in [1.54, 1.807) is 31.4 Å². The smallest absolute Gasteiger partial charge is 0.248 e. The summed E-state index contributed by atoms with van der Waals surface area (Å²) in [7, 11) is 1.56. The zero-order chi connectivity index (χ0) is 16.1. The Balaban J connectivity index is 2.11. The molecule has 2 aromatic carbocycles. The van der Waals surface area contributed by atoms with Crippen LogP contribution in [-0.2, 0) is 4.79 Å². The summed E-state index contributed by atoms with van der Waals surface area (Å²) in [5, 5.41) is 3.72. The van der Waals surface area contributed by atoms with Crippen molar-refractivity contribution in [2.45, 2.75) is 6.92 Å². The first-order valence-corrected chi connectivity index (χ1v) is 7.34. The topological polar surface area (TPSA) is 38.3 Å². The van der Waals surface area contributed by atoms with Crippen LogP contribution in [0.25, 0.3) is 6.08 Å². The molecule has 0 saturated heterocycles. The van der Waals surface area contributed by atoms with Crippen molar-refractivity contribution in [1.82, 2.24) is 0 Å². The first kappa shape index (κ1) is 16.4. The highest BCUT2D eigenvalue weighted by Crippen LogP contribution is 2.25. The molecule has 0 saturated carbocycles. The van der Waals surface area contributed by atoms with Gasteiger partial charge in [0.1, 0.15) is 5.75 Å². The molecule has 0 fully saturated rings. The van der Waals surface area contributed by atoms with Crippen LogP contribution in [0.4, 0.5) is 5.69 Å². The lowest BCUT2D eigenvalue weighted by molar-refractivity contribution is -0.111. The second-order valence-corrected chi connectivity index (χ2v) is 5.51. The summed E-state index contributed by atoms with van der Waals surface area (Å²) in [6, 6.07) is 10.7. The lowest BCUT2D eigenvalue weighted by atomic mass is 10.2. The number of ether oxygens (including phenoxy) is 1. The number of halogens is 2. The van der Waals surface area contributed by atoms with Crippen molar-refractivity contribution in [3.8, 4) is 5.75 Å². The van der Waals surface area contributed by atoms with Gasteiger partial charge in [-0.25, -0.2) is 0 Å². The maximum Gasteiger partial charge on any atom is 0.248 e. The minimum atomic E-state index is -0.255. The second-order valence-electron chi connectivity index (χ2n) is 4.70. The third-order valence-electron chi connectivity index (χ3n) is 2.98. The van der Waals surface area contributed by atoms with E-state index in [-0.39, 0.29) is 5.91 Å². The number of carbonyl (C=O) groups is 1. The van der Waals surface area contributed by atoms with Gasteiger partial charge in [0.15, 0.2) is 0 Å². The molecule has 22 heavy (non-hydrogen) atoms. The van der Waals surface area contributed by atoms with E-state index in [2.05, 4.69) is 5.32 Å². The molecule has 1 N–H and O–H groups in total. The monoisotopic (exact) mass is 335 g/mol. The highest BCUT2D eigenvalue weighted by Gasteiger charge is 2.05. The molecule has 1 amide bonds. The fourth-order valence-electron chi connectivity index (χ4n) is 1.88. The predicted molar refractivity (Wildman–Crippen MR) is 91.9 cm³/mol. The average Bonchev–Trinajstić information content (AvgIpc) is 2.49. The minimum absolute atomic E-state index is 0.255. The highest BCUT2D eigenvalue weighted by atomic mass is 35.5. The van der Waals surface area contributed by atoms with Gasteiger partial charge in [-0.2, -0.15) is 0 Å². The van der Waals surface area contributed by atoms with Crippen molar-refractivity contribution < 1.29 is 9.53 Å². The Kier molecular flexibility index (Phi) is 5.47. The molecule has 0 aliphatic rings. The Hall–Kier alpha value is -1.97. The van der Waals surface area contributed by atoms with Gasteiger partial charge in [0.2, 0.25) is 5.91 Å². The van der Waals surface area contributed by atoms with E-state index in [1.165, 1.54) is 6.08 Å². The van der Waals surface area contributed by atoms with Gasteiger partial charge in [0.25, 0.3) is 0 Å². The van der Waals surface area contributed by atoms with Gasteiger partial charge in [-0.05, 0) is 48.4 Å². The molecule has 114 valence electrons. The third kappa shape index (κ3) is 4.26. The number of benzene rings is 2. The molecule has 0 aliphatic carbocycles. The van der Waals surface area contributed by atoms with Crippen LogP contribution in [0.5, 0.6) is 5.75 Å². The van der Waals surface area contributed by atoms with E-state index >= 15 is 0 Å². The van der Waals surface area contributed by atoms with Crippen molar-refractivity contribution in [3.05, 3.63) is 63.6 Å². The number of hydrogen-bond acceptors (Lipinski definition) is 2. The van der Waals surface area contributed by atoms with Crippen LogP contribution in [0.2, 0.25) is 10.0 Å². The van der Waals surface area contributed by atoms with Crippen molar-refractivity contribution in [3.63, 3.8) is 0 Å². The Morgan fingerprint density at radius 1 is 1.14 bits per heavy atom. The van der Waals surface area contributed by atoms with Gasteiger partial charge in [-0.15, -0.1) is 0 Å². The molecule has 0 bridgehead atoms. The van der Waals surface area contributed by atoms with Gasteiger partial charge >= 0.3 is 0 Å². The van der Waals surface area contributed by atoms with Crippen LogP contribution >= 0.6 is 23.2 Å². The summed E-state index contributed by atoms with van der Waals surface area (Å²) in [4.78, 5) is 12.0. The van der Waals surface area contributed by atoms with E-state index < -0.39 is 0 Å². The molecular weight excluding hydrogens is 321 g/mol. The first-order chi connectivity index (χ1) is 10.5. The maximum atomic E-state index is 12.0. The normalized spacial score (nSPS) is 10.7. The zero-order valence-electron chi connectivity index (χ0n) is 12.2. The lowest BCUT2D eigenvalue weighted by Gasteiger charge is -2.09. The predicted octanol–water partition coefficient (Wildman–Crippen LogP) is 4.96. The fourth-order valence-corrected chi connectivity index (χ4v) is 2.19. The standard InChI is InChI=1S/C17H15Cl2NO2/c1-11-3-7-16(22-2)15(9-11)20-17(21)8-5-12-4-6-13(18)14(19)10-12/h3-10H,1-2H3,(H,20,21)/b8-5+. The molecule has 3 nitrogen and oxygen atoms in total. The van der Waals surface area contributed by atoms with E-state index in [9.17, 15) is 4.79 Å². The van der Waals surface area contributed by atoms with E-state index in [0.717, 1.165) is 11.1 Å². The summed E-state index contributed by atoms with van der Waals surface area (Å²) < 4.78 is 5.22. The largest absolute Gasteiger partial charge is 0.495 e. The van der Waals surface area contributed by atoms with Crippen LogP contribution in [0.15, 0.2) is 42.5 Å². The van der Waals surface area contributed by atoms with Gasteiger partial charge in [0.05, 0.1) is 22.8 Å². The van der Waals surface area contributed by atoms with Crippen LogP contribution < -0.4 is 10.1 Å². The molecule has 2 rings (SSSR count). The van der Waals surface area contributed by atoms with E-state index in [4.69, 9.17) is 27.9 Å². The number of aryl methyl sites for hydroxylation is 1. The molecule has 0 unspecified atom stereocenters. The molecule has 0 atom stereocenters. The second kappa shape index (κ2) is 7.34. The van der Waals surface area contributed by atoms with Gasteiger partial charge in [-0.1, -0.05) is 35.3 Å². The maximum absolute atomic E-state index is 12.0. The molecule has 0 heterocycles. The minimum Gasteiger partial charge on any atom is -0.495 e. The number of anilines is 1. The summed E-state index contributed by atoms with van der Waals surface area (Å²) in [5.41, 5.74) is 2.46. The Bertz CT molecular complexity index is 727. The van der Waals surface area contributed by atoms with Crippen molar-refractivity contribution >= 4 is 40.9 Å². The number of methoxy groups -OCH3 is 1. The Labute approximate surface area is 139 Å². The molecule has 0 spiro atoms. The van der Waals surface area contributed by atoms with Gasteiger partial charge in [-0.3, -0.25) is 4.79 Å². The van der Waals surface area contributed by atoms with Crippen LogP contribution in [-0.4, -0.2) is 13.0 Å². The van der Waals surface area contributed by atoms with Gasteiger partial charge in [0, 0.05) is 6.08 Å². The number of nitrogens with one attached hydrogen (secondary N) is 1. The summed E-state index contributed by atoms with van der Waals surface area (Å²) in [6.07, 6.45) is 3.10. The summed E-state index contributed by atoms with van der Waals surface area (Å²) in [6.45, 7) is 1.95. The molecule has 0 aliphatic heterocycles. The van der Waals surface area contributed by atoms with Crippen LogP contribution in [0, 0.1) is 6.92 Å². The first-order valence-electron chi connectivity index (χ1n) is 6.58. The van der Waals surface area contributed by atoms with Crippen LogP contribution in [0.1, 0.15) is 11.1 Å². The van der Waals surface area contributed by atoms with Crippen molar-refractivity contribution in [2.75, 3.05) is 12.4 Å².